The summed E-state index contributed by atoms with van der Waals surface area (Å²) < 4.78 is 0. The van der Waals surface area contributed by atoms with Crippen LogP contribution in [-0.2, 0) is 0 Å². The fourth-order valence-corrected chi connectivity index (χ4v) is 3.83. The van der Waals surface area contributed by atoms with Gasteiger partial charge in [-0.2, -0.15) is 0 Å². The SMILES string of the molecule is C=CCCP(CCC=C)c1ccccc1. The number of hydrogen-bond acceptors (Lipinski definition) is 0. The summed E-state index contributed by atoms with van der Waals surface area (Å²) in [5, 5.41) is 1.51. The normalized spacial score (nSPS) is 10.2. The van der Waals surface area contributed by atoms with Crippen molar-refractivity contribution in [2.24, 2.45) is 0 Å². The molecule has 0 heterocycles. The molecule has 0 saturated heterocycles. The molecule has 0 amide bonds. The van der Waals surface area contributed by atoms with Crippen LogP contribution in [-0.4, -0.2) is 12.3 Å². The molecular weight excluding hydrogens is 199 g/mol. The zero-order chi connectivity index (χ0) is 10.9. The Balaban J connectivity index is 2.62. The lowest BCUT2D eigenvalue weighted by Gasteiger charge is -2.16. The van der Waals surface area contributed by atoms with Crippen molar-refractivity contribution in [3.63, 3.8) is 0 Å². The van der Waals surface area contributed by atoms with E-state index in [1.807, 2.05) is 12.2 Å². The van der Waals surface area contributed by atoms with Gasteiger partial charge >= 0.3 is 0 Å². The van der Waals surface area contributed by atoms with Crippen LogP contribution in [0.2, 0.25) is 0 Å². The first-order chi connectivity index (χ1) is 7.38. The molecule has 0 aliphatic heterocycles. The van der Waals surface area contributed by atoms with Crippen LogP contribution in [0.4, 0.5) is 0 Å². The van der Waals surface area contributed by atoms with E-state index in [0.29, 0.717) is 0 Å². The zero-order valence-electron chi connectivity index (χ0n) is 9.23. The van der Waals surface area contributed by atoms with Crippen molar-refractivity contribution in [1.29, 1.82) is 0 Å². The summed E-state index contributed by atoms with van der Waals surface area (Å²) in [4.78, 5) is 0. The minimum atomic E-state index is -0.0100. The van der Waals surface area contributed by atoms with Gasteiger partial charge in [-0.1, -0.05) is 50.4 Å². The van der Waals surface area contributed by atoms with Gasteiger partial charge in [0.25, 0.3) is 0 Å². The van der Waals surface area contributed by atoms with Gasteiger partial charge < -0.3 is 0 Å². The lowest BCUT2D eigenvalue weighted by atomic mass is 10.4. The highest BCUT2D eigenvalue weighted by Gasteiger charge is 2.07. The maximum absolute atomic E-state index is 3.80. The molecule has 1 rings (SSSR count). The van der Waals surface area contributed by atoms with Gasteiger partial charge in [0.1, 0.15) is 0 Å². The van der Waals surface area contributed by atoms with Crippen molar-refractivity contribution in [2.75, 3.05) is 12.3 Å². The van der Waals surface area contributed by atoms with Gasteiger partial charge in [0.2, 0.25) is 0 Å². The van der Waals surface area contributed by atoms with E-state index >= 15 is 0 Å². The lowest BCUT2D eigenvalue weighted by molar-refractivity contribution is 1.19. The standard InChI is InChI=1S/C14H19P/c1-3-5-12-15(13-6-4-2)14-10-8-7-9-11-14/h3-4,7-11H,1-2,5-6,12-13H2. The summed E-state index contributed by atoms with van der Waals surface area (Å²) in [6, 6.07) is 10.8. The maximum Gasteiger partial charge on any atom is -0.0240 e. The molecule has 0 atom stereocenters. The van der Waals surface area contributed by atoms with Crippen molar-refractivity contribution in [1.82, 2.24) is 0 Å². The molecule has 0 aliphatic rings. The Morgan fingerprint density at radius 2 is 1.47 bits per heavy atom. The van der Waals surface area contributed by atoms with Gasteiger partial charge in [-0.05, 0) is 30.5 Å². The highest BCUT2D eigenvalue weighted by Crippen LogP contribution is 2.35. The molecule has 1 aromatic carbocycles. The van der Waals surface area contributed by atoms with E-state index in [1.54, 1.807) is 0 Å². The first-order valence-electron chi connectivity index (χ1n) is 5.40. The van der Waals surface area contributed by atoms with Crippen molar-refractivity contribution >= 4 is 13.2 Å². The first kappa shape index (κ1) is 12.2. The number of benzene rings is 1. The molecule has 0 nitrogen and oxygen atoms in total. The summed E-state index contributed by atoms with van der Waals surface area (Å²) in [6.45, 7) is 7.59. The Hall–Kier alpha value is -0.870. The van der Waals surface area contributed by atoms with Gasteiger partial charge in [-0.25, -0.2) is 0 Å². The monoisotopic (exact) mass is 218 g/mol. The van der Waals surface area contributed by atoms with Crippen LogP contribution in [0.5, 0.6) is 0 Å². The molecule has 1 aromatic rings. The second kappa shape index (κ2) is 7.43. The van der Waals surface area contributed by atoms with Gasteiger partial charge in [0, 0.05) is 0 Å². The third-order valence-electron chi connectivity index (χ3n) is 2.33. The van der Waals surface area contributed by atoms with Crippen LogP contribution in [0.3, 0.4) is 0 Å². The highest BCUT2D eigenvalue weighted by molar-refractivity contribution is 7.65. The van der Waals surface area contributed by atoms with E-state index in [9.17, 15) is 0 Å². The first-order valence-corrected chi connectivity index (χ1v) is 7.11. The Labute approximate surface area is 94.5 Å². The van der Waals surface area contributed by atoms with Crippen molar-refractivity contribution in [3.05, 3.63) is 55.6 Å². The molecule has 0 spiro atoms. The molecule has 15 heavy (non-hydrogen) atoms. The van der Waals surface area contributed by atoms with E-state index in [1.165, 1.54) is 17.6 Å². The topological polar surface area (TPSA) is 0 Å². The van der Waals surface area contributed by atoms with E-state index in [0.717, 1.165) is 12.8 Å². The third-order valence-corrected chi connectivity index (χ3v) is 4.95. The van der Waals surface area contributed by atoms with Crippen LogP contribution >= 0.6 is 7.92 Å². The van der Waals surface area contributed by atoms with E-state index < -0.39 is 0 Å². The largest absolute Gasteiger partial charge is 0.103 e. The zero-order valence-corrected chi connectivity index (χ0v) is 10.1. The molecule has 0 radical (unpaired) electrons. The van der Waals surface area contributed by atoms with Crippen LogP contribution in [0.15, 0.2) is 55.6 Å². The van der Waals surface area contributed by atoms with Gasteiger partial charge in [0.05, 0.1) is 0 Å². The molecule has 0 aromatic heterocycles. The molecule has 0 unspecified atom stereocenters. The third kappa shape index (κ3) is 4.44. The number of rotatable bonds is 7. The van der Waals surface area contributed by atoms with E-state index in [4.69, 9.17) is 0 Å². The molecular formula is C14H19P. The van der Waals surface area contributed by atoms with Crippen LogP contribution < -0.4 is 5.30 Å². The molecule has 0 N–H and O–H groups in total. The second-order valence-electron chi connectivity index (χ2n) is 3.48. The quantitative estimate of drug-likeness (QED) is 0.480. The average molecular weight is 218 g/mol. The molecule has 1 heteroatoms. The minimum Gasteiger partial charge on any atom is -0.103 e. The predicted molar refractivity (Wildman–Crippen MR) is 72.4 cm³/mol. The van der Waals surface area contributed by atoms with Crippen LogP contribution in [0, 0.1) is 0 Å². The Bertz CT molecular complexity index is 277. The van der Waals surface area contributed by atoms with Crippen molar-refractivity contribution in [3.8, 4) is 0 Å². The fraction of sp³-hybridized carbons (Fsp3) is 0.286. The summed E-state index contributed by atoms with van der Waals surface area (Å²) in [6.07, 6.45) is 8.81. The van der Waals surface area contributed by atoms with E-state index in [2.05, 4.69) is 43.5 Å². The minimum absolute atomic E-state index is 0.0100. The van der Waals surface area contributed by atoms with Gasteiger partial charge in [-0.3, -0.25) is 0 Å². The van der Waals surface area contributed by atoms with Gasteiger partial charge in [-0.15, -0.1) is 13.2 Å². The average Bonchev–Trinajstić information content (AvgIpc) is 2.30. The summed E-state index contributed by atoms with van der Waals surface area (Å²) in [7, 11) is -0.0100. The summed E-state index contributed by atoms with van der Waals surface area (Å²) >= 11 is 0. The molecule has 0 fully saturated rings. The Morgan fingerprint density at radius 3 is 1.93 bits per heavy atom. The molecule has 0 saturated carbocycles. The predicted octanol–water partition coefficient (Wildman–Crippen LogP) is 3.95. The molecule has 80 valence electrons. The highest BCUT2D eigenvalue weighted by atomic mass is 31.1. The summed E-state index contributed by atoms with van der Waals surface area (Å²) in [5.41, 5.74) is 0. The molecule has 0 bridgehead atoms. The maximum atomic E-state index is 3.80. The van der Waals surface area contributed by atoms with Crippen molar-refractivity contribution in [2.45, 2.75) is 12.8 Å². The Morgan fingerprint density at radius 1 is 0.933 bits per heavy atom. The number of hydrogen-bond donors (Lipinski definition) is 0. The molecule has 0 aliphatic carbocycles. The van der Waals surface area contributed by atoms with Crippen molar-refractivity contribution < 1.29 is 0 Å². The van der Waals surface area contributed by atoms with Crippen LogP contribution in [0.1, 0.15) is 12.8 Å². The number of allylic oxidation sites excluding steroid dienone is 2. The Kier molecular flexibility index (Phi) is 6.04. The lowest BCUT2D eigenvalue weighted by Crippen LogP contribution is -2.05. The van der Waals surface area contributed by atoms with E-state index in [-0.39, 0.29) is 7.92 Å². The second-order valence-corrected chi connectivity index (χ2v) is 5.97. The summed E-state index contributed by atoms with van der Waals surface area (Å²) in [5.74, 6) is 0. The van der Waals surface area contributed by atoms with Gasteiger partial charge in [0.15, 0.2) is 0 Å². The fourth-order valence-electron chi connectivity index (χ4n) is 1.50. The van der Waals surface area contributed by atoms with Crippen LogP contribution in [0.25, 0.3) is 0 Å². The smallest absolute Gasteiger partial charge is 0.0240 e.